The third-order valence-electron chi connectivity index (χ3n) is 3.83. The Balaban J connectivity index is 1.70. The largest absolute Gasteiger partial charge is 0.339 e. The van der Waals surface area contributed by atoms with Crippen LogP contribution in [0.3, 0.4) is 0 Å². The zero-order valence-electron chi connectivity index (χ0n) is 10.4. The van der Waals surface area contributed by atoms with Gasteiger partial charge in [0, 0.05) is 12.6 Å². The Morgan fingerprint density at radius 1 is 1.25 bits per heavy atom. The minimum atomic E-state index is 0.301. The molecular formula is C13H24N2O. The van der Waals surface area contributed by atoms with Crippen LogP contribution in [0.5, 0.6) is 0 Å². The van der Waals surface area contributed by atoms with Crippen LogP contribution in [0.2, 0.25) is 0 Å². The molecule has 0 aromatic rings. The minimum absolute atomic E-state index is 0.301. The van der Waals surface area contributed by atoms with Gasteiger partial charge in [-0.05, 0) is 45.1 Å². The van der Waals surface area contributed by atoms with Crippen LogP contribution < -0.4 is 5.32 Å². The first-order valence-corrected chi connectivity index (χ1v) is 6.81. The Labute approximate surface area is 98.6 Å². The van der Waals surface area contributed by atoms with Crippen molar-refractivity contribution >= 4 is 5.91 Å². The number of hydrogen-bond donors (Lipinski definition) is 1. The van der Waals surface area contributed by atoms with Gasteiger partial charge in [0.2, 0.25) is 5.91 Å². The number of hydrogen-bond acceptors (Lipinski definition) is 2. The van der Waals surface area contributed by atoms with E-state index < -0.39 is 0 Å². The van der Waals surface area contributed by atoms with Crippen LogP contribution in [0.15, 0.2) is 0 Å². The standard InChI is InChI=1S/C13H24N2O/c1-2-15(12-5-3-4-6-12)13(16)10-14-9-11-7-8-11/h11-12,14H,2-10H2,1H3. The van der Waals surface area contributed by atoms with Gasteiger partial charge in [0.25, 0.3) is 0 Å². The van der Waals surface area contributed by atoms with E-state index >= 15 is 0 Å². The highest BCUT2D eigenvalue weighted by molar-refractivity contribution is 5.78. The van der Waals surface area contributed by atoms with Crippen LogP contribution in [0.4, 0.5) is 0 Å². The summed E-state index contributed by atoms with van der Waals surface area (Å²) in [5.41, 5.74) is 0. The summed E-state index contributed by atoms with van der Waals surface area (Å²) in [6.07, 6.45) is 7.71. The van der Waals surface area contributed by atoms with Gasteiger partial charge < -0.3 is 10.2 Å². The fraction of sp³-hybridized carbons (Fsp3) is 0.923. The van der Waals surface area contributed by atoms with E-state index in [1.54, 1.807) is 0 Å². The smallest absolute Gasteiger partial charge is 0.236 e. The van der Waals surface area contributed by atoms with E-state index in [9.17, 15) is 4.79 Å². The summed E-state index contributed by atoms with van der Waals surface area (Å²) >= 11 is 0. The Kier molecular flexibility index (Phi) is 4.22. The zero-order valence-corrected chi connectivity index (χ0v) is 10.4. The highest BCUT2D eigenvalue weighted by Gasteiger charge is 2.25. The second-order valence-electron chi connectivity index (χ2n) is 5.19. The van der Waals surface area contributed by atoms with Gasteiger partial charge in [-0.15, -0.1) is 0 Å². The van der Waals surface area contributed by atoms with Crippen LogP contribution in [0.1, 0.15) is 45.4 Å². The second-order valence-corrected chi connectivity index (χ2v) is 5.19. The molecule has 1 N–H and O–H groups in total. The number of amides is 1. The second kappa shape index (κ2) is 5.67. The molecule has 2 rings (SSSR count). The number of carbonyl (C=O) groups is 1. The summed E-state index contributed by atoms with van der Waals surface area (Å²) in [6, 6.07) is 0.528. The number of nitrogens with zero attached hydrogens (tertiary/aromatic N) is 1. The van der Waals surface area contributed by atoms with Gasteiger partial charge >= 0.3 is 0 Å². The maximum Gasteiger partial charge on any atom is 0.236 e. The van der Waals surface area contributed by atoms with Crippen LogP contribution in [0.25, 0.3) is 0 Å². The van der Waals surface area contributed by atoms with E-state index in [-0.39, 0.29) is 0 Å². The first kappa shape index (κ1) is 11.9. The van der Waals surface area contributed by atoms with E-state index in [0.29, 0.717) is 18.5 Å². The van der Waals surface area contributed by atoms with Crippen LogP contribution in [-0.4, -0.2) is 36.5 Å². The Morgan fingerprint density at radius 3 is 2.50 bits per heavy atom. The molecule has 0 aromatic carbocycles. The molecule has 2 fully saturated rings. The molecule has 2 aliphatic rings. The van der Waals surface area contributed by atoms with Gasteiger partial charge in [0.1, 0.15) is 0 Å². The topological polar surface area (TPSA) is 32.3 Å². The van der Waals surface area contributed by atoms with Crippen molar-refractivity contribution < 1.29 is 4.79 Å². The number of nitrogens with one attached hydrogen (secondary N) is 1. The van der Waals surface area contributed by atoms with Crippen molar-refractivity contribution in [1.82, 2.24) is 10.2 Å². The number of rotatable bonds is 6. The summed E-state index contributed by atoms with van der Waals surface area (Å²) in [7, 11) is 0. The molecule has 0 aromatic heterocycles. The van der Waals surface area contributed by atoms with Crippen molar-refractivity contribution in [3.05, 3.63) is 0 Å². The Bertz CT molecular complexity index is 232. The molecule has 3 heteroatoms. The van der Waals surface area contributed by atoms with Crippen molar-refractivity contribution in [1.29, 1.82) is 0 Å². The van der Waals surface area contributed by atoms with Crippen LogP contribution in [0, 0.1) is 5.92 Å². The van der Waals surface area contributed by atoms with Crippen molar-refractivity contribution in [3.8, 4) is 0 Å². The molecule has 0 aliphatic heterocycles. The van der Waals surface area contributed by atoms with Crippen molar-refractivity contribution in [3.63, 3.8) is 0 Å². The van der Waals surface area contributed by atoms with Gasteiger partial charge in [0.05, 0.1) is 6.54 Å². The molecule has 3 nitrogen and oxygen atoms in total. The molecule has 0 heterocycles. The predicted octanol–water partition coefficient (Wildman–Crippen LogP) is 1.78. The Hall–Kier alpha value is -0.570. The van der Waals surface area contributed by atoms with E-state index in [0.717, 1.165) is 19.0 Å². The average Bonchev–Trinajstić information content (AvgIpc) is 2.94. The maximum atomic E-state index is 12.0. The van der Waals surface area contributed by atoms with Crippen molar-refractivity contribution in [2.45, 2.75) is 51.5 Å². The van der Waals surface area contributed by atoms with E-state index in [2.05, 4.69) is 17.1 Å². The first-order valence-electron chi connectivity index (χ1n) is 6.81. The summed E-state index contributed by atoms with van der Waals surface area (Å²) < 4.78 is 0. The van der Waals surface area contributed by atoms with Gasteiger partial charge in [-0.25, -0.2) is 0 Å². The third kappa shape index (κ3) is 3.21. The third-order valence-corrected chi connectivity index (χ3v) is 3.83. The monoisotopic (exact) mass is 224 g/mol. The molecule has 2 saturated carbocycles. The zero-order chi connectivity index (χ0) is 11.4. The molecule has 0 saturated heterocycles. The van der Waals surface area contributed by atoms with Gasteiger partial charge in [-0.1, -0.05) is 12.8 Å². The van der Waals surface area contributed by atoms with Gasteiger partial charge in [-0.3, -0.25) is 4.79 Å². The van der Waals surface area contributed by atoms with Gasteiger partial charge in [0.15, 0.2) is 0 Å². The molecule has 0 radical (unpaired) electrons. The predicted molar refractivity (Wildman–Crippen MR) is 65.2 cm³/mol. The molecule has 2 aliphatic carbocycles. The summed E-state index contributed by atoms with van der Waals surface area (Å²) in [4.78, 5) is 14.1. The summed E-state index contributed by atoms with van der Waals surface area (Å²) in [5.74, 6) is 1.16. The molecule has 16 heavy (non-hydrogen) atoms. The molecule has 0 spiro atoms. The molecular weight excluding hydrogens is 200 g/mol. The van der Waals surface area contributed by atoms with E-state index in [4.69, 9.17) is 0 Å². The lowest BCUT2D eigenvalue weighted by Crippen LogP contribution is -2.43. The SMILES string of the molecule is CCN(C(=O)CNCC1CC1)C1CCCC1. The maximum absolute atomic E-state index is 12.0. The fourth-order valence-corrected chi connectivity index (χ4v) is 2.66. The fourth-order valence-electron chi connectivity index (χ4n) is 2.66. The molecule has 92 valence electrons. The van der Waals surface area contributed by atoms with Gasteiger partial charge in [-0.2, -0.15) is 0 Å². The average molecular weight is 224 g/mol. The summed E-state index contributed by atoms with van der Waals surface area (Å²) in [6.45, 7) is 4.54. The summed E-state index contributed by atoms with van der Waals surface area (Å²) in [5, 5.41) is 3.29. The number of carbonyl (C=O) groups excluding carboxylic acids is 1. The Morgan fingerprint density at radius 2 is 1.94 bits per heavy atom. The van der Waals surface area contributed by atoms with Crippen LogP contribution in [-0.2, 0) is 4.79 Å². The molecule has 0 unspecified atom stereocenters. The lowest BCUT2D eigenvalue weighted by Gasteiger charge is -2.27. The van der Waals surface area contributed by atoms with Crippen LogP contribution >= 0.6 is 0 Å². The lowest BCUT2D eigenvalue weighted by molar-refractivity contribution is -0.132. The normalized spacial score (nSPS) is 21.3. The molecule has 0 bridgehead atoms. The molecule has 0 atom stereocenters. The number of likely N-dealkylation sites (N-methyl/N-ethyl adjacent to an activating group) is 1. The quantitative estimate of drug-likeness (QED) is 0.746. The highest BCUT2D eigenvalue weighted by atomic mass is 16.2. The van der Waals surface area contributed by atoms with Crippen molar-refractivity contribution in [2.75, 3.05) is 19.6 Å². The minimum Gasteiger partial charge on any atom is -0.339 e. The van der Waals surface area contributed by atoms with E-state index in [1.807, 2.05) is 0 Å². The molecule has 1 amide bonds. The highest BCUT2D eigenvalue weighted by Crippen LogP contribution is 2.27. The lowest BCUT2D eigenvalue weighted by atomic mass is 10.2. The van der Waals surface area contributed by atoms with Crippen molar-refractivity contribution in [2.24, 2.45) is 5.92 Å². The first-order chi connectivity index (χ1) is 7.81. The van der Waals surface area contributed by atoms with E-state index in [1.165, 1.54) is 38.5 Å².